The molecule has 0 amide bonds. The first-order valence-corrected chi connectivity index (χ1v) is 6.22. The zero-order chi connectivity index (χ0) is 13.7. The minimum absolute atomic E-state index is 0.0135. The number of benzene rings is 1. The smallest absolute Gasteiger partial charge is 0.303 e. The minimum Gasteiger partial charge on any atom is -0.481 e. The summed E-state index contributed by atoms with van der Waals surface area (Å²) in [6.45, 7) is 2.05. The molecule has 2 rings (SSSR count). The van der Waals surface area contributed by atoms with Gasteiger partial charge in [-0.2, -0.15) is 0 Å². The summed E-state index contributed by atoms with van der Waals surface area (Å²) < 4.78 is 5.39. The molecule has 2 aromatic rings. The highest BCUT2D eigenvalue weighted by molar-refractivity contribution is 5.66. The summed E-state index contributed by atoms with van der Waals surface area (Å²) in [4.78, 5) is 10.4. The highest BCUT2D eigenvalue weighted by Crippen LogP contribution is 2.09. The number of rotatable bonds is 6. The molecule has 0 aliphatic heterocycles. The van der Waals surface area contributed by atoms with Crippen molar-refractivity contribution in [3.8, 4) is 0 Å². The Morgan fingerprint density at radius 1 is 1.11 bits per heavy atom. The van der Waals surface area contributed by atoms with E-state index in [9.17, 15) is 4.79 Å². The maximum Gasteiger partial charge on any atom is 0.303 e. The Morgan fingerprint density at radius 3 is 2.37 bits per heavy atom. The molecule has 100 valence electrons. The van der Waals surface area contributed by atoms with E-state index in [-0.39, 0.29) is 12.8 Å². The molecule has 0 bridgehead atoms. The van der Waals surface area contributed by atoms with Gasteiger partial charge >= 0.3 is 5.97 Å². The summed E-state index contributed by atoms with van der Waals surface area (Å²) in [7, 11) is 0. The van der Waals surface area contributed by atoms with Crippen LogP contribution in [0.3, 0.4) is 0 Å². The second-order valence-electron chi connectivity index (χ2n) is 4.47. The largest absolute Gasteiger partial charge is 0.481 e. The first-order valence-electron chi connectivity index (χ1n) is 6.22. The standard InChI is InChI=1S/C14H16N2O3/c1-10-2-4-11(5-3-10)6-7-12-15-16-13(19-12)8-9-14(17)18/h2-5H,6-9H2,1H3,(H,17,18). The number of aromatic nitrogens is 2. The van der Waals surface area contributed by atoms with Crippen LogP contribution in [0.4, 0.5) is 0 Å². The molecule has 0 saturated heterocycles. The zero-order valence-electron chi connectivity index (χ0n) is 10.8. The Balaban J connectivity index is 1.86. The molecule has 0 saturated carbocycles. The van der Waals surface area contributed by atoms with Crippen molar-refractivity contribution < 1.29 is 14.3 Å². The molecule has 0 aliphatic carbocycles. The topological polar surface area (TPSA) is 76.2 Å². The van der Waals surface area contributed by atoms with Crippen molar-refractivity contribution in [1.29, 1.82) is 0 Å². The van der Waals surface area contributed by atoms with Gasteiger partial charge in [0.15, 0.2) is 0 Å². The van der Waals surface area contributed by atoms with Crippen LogP contribution in [0, 0.1) is 6.92 Å². The number of carboxylic acids is 1. The van der Waals surface area contributed by atoms with E-state index in [1.807, 2.05) is 0 Å². The van der Waals surface area contributed by atoms with E-state index < -0.39 is 5.97 Å². The average Bonchev–Trinajstić information content (AvgIpc) is 2.84. The molecule has 1 heterocycles. The molecule has 0 aliphatic rings. The van der Waals surface area contributed by atoms with Gasteiger partial charge in [0, 0.05) is 12.8 Å². The van der Waals surface area contributed by atoms with Crippen LogP contribution in [-0.2, 0) is 24.1 Å². The molecule has 5 heteroatoms. The molecule has 19 heavy (non-hydrogen) atoms. The lowest BCUT2D eigenvalue weighted by atomic mass is 10.1. The molecule has 1 aromatic carbocycles. The predicted octanol–water partition coefficient (Wildman–Crippen LogP) is 2.18. The molecule has 0 fully saturated rings. The van der Waals surface area contributed by atoms with E-state index in [0.29, 0.717) is 18.2 Å². The lowest BCUT2D eigenvalue weighted by Crippen LogP contribution is -1.97. The van der Waals surface area contributed by atoms with Gasteiger partial charge in [-0.15, -0.1) is 10.2 Å². The molecular formula is C14H16N2O3. The zero-order valence-corrected chi connectivity index (χ0v) is 10.8. The van der Waals surface area contributed by atoms with Crippen molar-refractivity contribution in [3.63, 3.8) is 0 Å². The normalized spacial score (nSPS) is 10.6. The number of aliphatic carboxylic acids is 1. The maximum absolute atomic E-state index is 10.4. The highest BCUT2D eigenvalue weighted by Gasteiger charge is 2.08. The fourth-order valence-electron chi connectivity index (χ4n) is 1.71. The van der Waals surface area contributed by atoms with Crippen LogP contribution in [0.1, 0.15) is 29.3 Å². The minimum atomic E-state index is -0.862. The van der Waals surface area contributed by atoms with Crippen LogP contribution in [-0.4, -0.2) is 21.3 Å². The first kappa shape index (κ1) is 13.3. The van der Waals surface area contributed by atoms with Crippen LogP contribution in [0.5, 0.6) is 0 Å². The molecule has 1 aromatic heterocycles. The quantitative estimate of drug-likeness (QED) is 0.861. The fraction of sp³-hybridized carbons (Fsp3) is 0.357. The number of nitrogens with zero attached hydrogens (tertiary/aromatic N) is 2. The molecular weight excluding hydrogens is 244 g/mol. The van der Waals surface area contributed by atoms with Crippen LogP contribution < -0.4 is 0 Å². The van der Waals surface area contributed by atoms with Gasteiger partial charge in [0.1, 0.15) is 0 Å². The molecule has 0 radical (unpaired) electrons. The van der Waals surface area contributed by atoms with Gasteiger partial charge in [0.05, 0.1) is 6.42 Å². The molecule has 1 N–H and O–H groups in total. The van der Waals surface area contributed by atoms with Gasteiger partial charge in [-0.25, -0.2) is 0 Å². The second kappa shape index (κ2) is 6.13. The van der Waals surface area contributed by atoms with Crippen LogP contribution in [0.25, 0.3) is 0 Å². The summed E-state index contributed by atoms with van der Waals surface area (Å²) in [6, 6.07) is 8.30. The van der Waals surface area contributed by atoms with Crippen LogP contribution >= 0.6 is 0 Å². The number of carbonyl (C=O) groups is 1. The number of carboxylic acid groups (broad SMARTS) is 1. The first-order chi connectivity index (χ1) is 9.13. The lowest BCUT2D eigenvalue weighted by Gasteiger charge is -1.99. The third-order valence-electron chi connectivity index (χ3n) is 2.81. The second-order valence-corrected chi connectivity index (χ2v) is 4.47. The van der Waals surface area contributed by atoms with E-state index in [2.05, 4.69) is 41.4 Å². The third-order valence-corrected chi connectivity index (χ3v) is 2.81. The lowest BCUT2D eigenvalue weighted by molar-refractivity contribution is -0.137. The monoisotopic (exact) mass is 260 g/mol. The van der Waals surface area contributed by atoms with Gasteiger partial charge in [0.25, 0.3) is 0 Å². The Bertz CT molecular complexity index is 546. The van der Waals surface area contributed by atoms with E-state index >= 15 is 0 Å². The molecule has 0 unspecified atom stereocenters. The summed E-state index contributed by atoms with van der Waals surface area (Å²) >= 11 is 0. The van der Waals surface area contributed by atoms with E-state index in [1.165, 1.54) is 11.1 Å². The van der Waals surface area contributed by atoms with Crippen molar-refractivity contribution in [2.24, 2.45) is 0 Å². The Kier molecular flexibility index (Phi) is 4.28. The molecule has 0 atom stereocenters. The Labute approximate surface area is 111 Å². The Hall–Kier alpha value is -2.17. The number of hydrogen-bond donors (Lipinski definition) is 1. The summed E-state index contributed by atoms with van der Waals surface area (Å²) in [5.41, 5.74) is 2.45. The Morgan fingerprint density at radius 2 is 1.74 bits per heavy atom. The van der Waals surface area contributed by atoms with Gasteiger partial charge in [-0.05, 0) is 18.9 Å². The third kappa shape index (κ3) is 4.21. The van der Waals surface area contributed by atoms with E-state index in [1.54, 1.807) is 0 Å². The fourth-order valence-corrected chi connectivity index (χ4v) is 1.71. The predicted molar refractivity (Wildman–Crippen MR) is 68.8 cm³/mol. The average molecular weight is 260 g/mol. The van der Waals surface area contributed by atoms with Gasteiger partial charge < -0.3 is 9.52 Å². The maximum atomic E-state index is 10.4. The number of aryl methyl sites for hydroxylation is 4. The van der Waals surface area contributed by atoms with Crippen molar-refractivity contribution in [2.45, 2.75) is 32.6 Å². The van der Waals surface area contributed by atoms with Crippen LogP contribution in [0.15, 0.2) is 28.7 Å². The summed E-state index contributed by atoms with van der Waals surface area (Å²) in [5, 5.41) is 16.3. The van der Waals surface area contributed by atoms with Gasteiger partial charge in [0.2, 0.25) is 11.8 Å². The summed E-state index contributed by atoms with van der Waals surface area (Å²) in [5.74, 6) is 0.0849. The summed E-state index contributed by atoms with van der Waals surface area (Å²) in [6.07, 6.45) is 1.80. The van der Waals surface area contributed by atoms with Gasteiger partial charge in [-0.3, -0.25) is 4.79 Å². The van der Waals surface area contributed by atoms with Crippen LogP contribution in [0.2, 0.25) is 0 Å². The van der Waals surface area contributed by atoms with Crippen molar-refractivity contribution in [3.05, 3.63) is 47.2 Å². The van der Waals surface area contributed by atoms with Crippen molar-refractivity contribution in [1.82, 2.24) is 10.2 Å². The van der Waals surface area contributed by atoms with E-state index in [0.717, 1.165) is 6.42 Å². The van der Waals surface area contributed by atoms with E-state index in [4.69, 9.17) is 9.52 Å². The highest BCUT2D eigenvalue weighted by atomic mass is 16.4. The van der Waals surface area contributed by atoms with Crippen molar-refractivity contribution in [2.75, 3.05) is 0 Å². The SMILES string of the molecule is Cc1ccc(CCc2nnc(CCC(=O)O)o2)cc1. The van der Waals surface area contributed by atoms with Gasteiger partial charge in [-0.1, -0.05) is 29.8 Å². The molecule has 0 spiro atoms. The number of hydrogen-bond acceptors (Lipinski definition) is 4. The molecule has 5 nitrogen and oxygen atoms in total. The van der Waals surface area contributed by atoms with Crippen molar-refractivity contribution >= 4 is 5.97 Å².